The van der Waals surface area contributed by atoms with Gasteiger partial charge in [-0.25, -0.2) is 0 Å². The highest BCUT2D eigenvalue weighted by Gasteiger charge is 2.15. The molecule has 1 amide bonds. The molecule has 0 bridgehead atoms. The van der Waals surface area contributed by atoms with Crippen LogP contribution in [-0.2, 0) is 0 Å². The zero-order valence-electron chi connectivity index (χ0n) is 12.4. The maximum atomic E-state index is 12.3. The number of rotatable bonds is 4. The smallest absolute Gasteiger partial charge is 0.255 e. The summed E-state index contributed by atoms with van der Waals surface area (Å²) >= 11 is 0. The molecule has 1 aliphatic rings. The Labute approximate surface area is 125 Å². The number of nitrogens with zero attached hydrogens (tertiary/aromatic N) is 3. The average Bonchev–Trinajstić information content (AvgIpc) is 3.03. The molecular weight excluding hydrogens is 266 g/mol. The Kier molecular flexibility index (Phi) is 5.73. The molecule has 0 aromatic carbocycles. The second-order valence-electron chi connectivity index (χ2n) is 5.20. The molecule has 1 aromatic rings. The summed E-state index contributed by atoms with van der Waals surface area (Å²) in [6, 6.07) is 1.71. The number of hydrogen-bond donors (Lipinski definition) is 1. The molecule has 21 heavy (non-hydrogen) atoms. The summed E-state index contributed by atoms with van der Waals surface area (Å²) in [7, 11) is 1.81. The number of hydrogen-bond acceptors (Lipinski definition) is 4. The van der Waals surface area contributed by atoms with E-state index in [1.807, 2.05) is 7.05 Å². The lowest BCUT2D eigenvalue weighted by molar-refractivity contribution is 0.0782. The first-order chi connectivity index (χ1) is 10.2. The zero-order valence-corrected chi connectivity index (χ0v) is 12.4. The number of likely N-dealkylation sites (N-methyl/N-ethyl adjacent to an activating group) is 1. The van der Waals surface area contributed by atoms with Crippen molar-refractivity contribution in [3.8, 4) is 11.8 Å². The number of aliphatic hydroxyl groups is 1. The van der Waals surface area contributed by atoms with Crippen LogP contribution in [0.4, 0.5) is 0 Å². The van der Waals surface area contributed by atoms with Gasteiger partial charge in [0.15, 0.2) is 0 Å². The van der Waals surface area contributed by atoms with Gasteiger partial charge < -0.3 is 14.9 Å². The summed E-state index contributed by atoms with van der Waals surface area (Å²) in [5, 5.41) is 8.69. The number of pyridine rings is 1. The van der Waals surface area contributed by atoms with Gasteiger partial charge in [0, 0.05) is 38.1 Å². The molecule has 5 heteroatoms. The molecule has 2 heterocycles. The maximum Gasteiger partial charge on any atom is 0.255 e. The molecule has 2 rings (SSSR count). The van der Waals surface area contributed by atoms with Crippen molar-refractivity contribution >= 4 is 5.91 Å². The lowest BCUT2D eigenvalue weighted by Crippen LogP contribution is -2.35. The van der Waals surface area contributed by atoms with Crippen LogP contribution in [0, 0.1) is 11.8 Å². The highest BCUT2D eigenvalue weighted by Crippen LogP contribution is 2.08. The summed E-state index contributed by atoms with van der Waals surface area (Å²) < 4.78 is 0. The van der Waals surface area contributed by atoms with Gasteiger partial charge in [-0.05, 0) is 32.0 Å². The SMILES string of the molecule is CN(CCN1CCCC1)C(=O)c1cncc(C#CCO)c1. The molecule has 1 fully saturated rings. The zero-order chi connectivity index (χ0) is 15.1. The van der Waals surface area contributed by atoms with Crippen molar-refractivity contribution in [3.05, 3.63) is 29.6 Å². The number of carbonyl (C=O) groups excluding carboxylic acids is 1. The van der Waals surface area contributed by atoms with E-state index in [1.165, 1.54) is 12.8 Å². The lowest BCUT2D eigenvalue weighted by Gasteiger charge is -2.21. The van der Waals surface area contributed by atoms with Gasteiger partial charge in [0.25, 0.3) is 5.91 Å². The Balaban J connectivity index is 1.94. The van der Waals surface area contributed by atoms with Gasteiger partial charge >= 0.3 is 0 Å². The van der Waals surface area contributed by atoms with Crippen LogP contribution >= 0.6 is 0 Å². The van der Waals surface area contributed by atoms with Crippen LogP contribution in [0.15, 0.2) is 18.5 Å². The monoisotopic (exact) mass is 287 g/mol. The van der Waals surface area contributed by atoms with Crippen LogP contribution in [0.2, 0.25) is 0 Å². The average molecular weight is 287 g/mol. The molecule has 112 valence electrons. The van der Waals surface area contributed by atoms with Crippen LogP contribution in [-0.4, -0.2) is 65.6 Å². The Morgan fingerprint density at radius 2 is 2.19 bits per heavy atom. The third-order valence-corrected chi connectivity index (χ3v) is 3.59. The molecule has 1 aliphatic heterocycles. The predicted octanol–water partition coefficient (Wildman–Crippen LogP) is 0.593. The van der Waals surface area contributed by atoms with Crippen molar-refractivity contribution in [3.63, 3.8) is 0 Å². The number of amides is 1. The Morgan fingerprint density at radius 3 is 2.90 bits per heavy atom. The fraction of sp³-hybridized carbons (Fsp3) is 0.500. The molecule has 1 aromatic heterocycles. The van der Waals surface area contributed by atoms with Crippen molar-refractivity contribution in [1.82, 2.24) is 14.8 Å². The summed E-state index contributed by atoms with van der Waals surface area (Å²) in [5.74, 6) is 5.27. The van der Waals surface area contributed by atoms with Gasteiger partial charge in [-0.15, -0.1) is 0 Å². The van der Waals surface area contributed by atoms with E-state index < -0.39 is 0 Å². The van der Waals surface area contributed by atoms with E-state index in [4.69, 9.17) is 5.11 Å². The van der Waals surface area contributed by atoms with Crippen molar-refractivity contribution < 1.29 is 9.90 Å². The summed E-state index contributed by atoms with van der Waals surface area (Å²) in [6.07, 6.45) is 5.66. The first kappa shape index (κ1) is 15.5. The van der Waals surface area contributed by atoms with Crippen molar-refractivity contribution in [1.29, 1.82) is 0 Å². The molecule has 1 N–H and O–H groups in total. The quantitative estimate of drug-likeness (QED) is 0.824. The lowest BCUT2D eigenvalue weighted by atomic mass is 10.2. The molecule has 5 nitrogen and oxygen atoms in total. The fourth-order valence-electron chi connectivity index (χ4n) is 2.39. The standard InChI is InChI=1S/C16H21N3O2/c1-18(8-9-19-6-2-3-7-19)16(21)15-11-14(5-4-10-20)12-17-13-15/h11-13,20H,2-3,6-10H2,1H3. The summed E-state index contributed by atoms with van der Waals surface area (Å²) in [4.78, 5) is 20.5. The molecule has 1 saturated heterocycles. The minimum atomic E-state index is -0.200. The van der Waals surface area contributed by atoms with Crippen molar-refractivity contribution in [2.45, 2.75) is 12.8 Å². The van der Waals surface area contributed by atoms with E-state index in [2.05, 4.69) is 21.7 Å². The van der Waals surface area contributed by atoms with E-state index in [9.17, 15) is 4.79 Å². The Morgan fingerprint density at radius 1 is 1.43 bits per heavy atom. The van der Waals surface area contributed by atoms with E-state index >= 15 is 0 Å². The number of likely N-dealkylation sites (tertiary alicyclic amines) is 1. The number of aromatic nitrogens is 1. The van der Waals surface area contributed by atoms with Gasteiger partial charge in [-0.1, -0.05) is 11.8 Å². The molecule has 0 aliphatic carbocycles. The van der Waals surface area contributed by atoms with Gasteiger partial charge in [0.05, 0.1) is 5.56 Å². The highest BCUT2D eigenvalue weighted by molar-refractivity contribution is 5.94. The first-order valence-electron chi connectivity index (χ1n) is 7.23. The minimum absolute atomic E-state index is 0.0469. The summed E-state index contributed by atoms with van der Waals surface area (Å²) in [5.41, 5.74) is 1.17. The van der Waals surface area contributed by atoms with E-state index in [0.717, 1.165) is 19.6 Å². The van der Waals surface area contributed by atoms with Crippen molar-refractivity contribution in [2.75, 3.05) is 39.8 Å². The second kappa shape index (κ2) is 7.77. The van der Waals surface area contributed by atoms with E-state index in [1.54, 1.807) is 23.4 Å². The van der Waals surface area contributed by atoms with Gasteiger partial charge in [0.2, 0.25) is 0 Å². The minimum Gasteiger partial charge on any atom is -0.384 e. The fourth-order valence-corrected chi connectivity index (χ4v) is 2.39. The van der Waals surface area contributed by atoms with Crippen LogP contribution in [0.25, 0.3) is 0 Å². The van der Waals surface area contributed by atoms with Crippen molar-refractivity contribution in [2.24, 2.45) is 0 Å². The molecule has 0 radical (unpaired) electrons. The van der Waals surface area contributed by atoms with Crippen LogP contribution in [0.5, 0.6) is 0 Å². The molecule has 0 saturated carbocycles. The highest BCUT2D eigenvalue weighted by atomic mass is 16.2. The second-order valence-corrected chi connectivity index (χ2v) is 5.20. The van der Waals surface area contributed by atoms with Crippen LogP contribution in [0.3, 0.4) is 0 Å². The van der Waals surface area contributed by atoms with Gasteiger partial charge in [-0.3, -0.25) is 9.78 Å². The molecular formula is C16H21N3O2. The van der Waals surface area contributed by atoms with Crippen LogP contribution < -0.4 is 0 Å². The third-order valence-electron chi connectivity index (χ3n) is 3.59. The Hall–Kier alpha value is -1.90. The molecule has 0 atom stereocenters. The molecule has 0 spiro atoms. The first-order valence-corrected chi connectivity index (χ1v) is 7.23. The third kappa shape index (κ3) is 4.55. The number of aliphatic hydroxyl groups excluding tert-OH is 1. The van der Waals surface area contributed by atoms with Gasteiger partial charge in [-0.2, -0.15) is 0 Å². The topological polar surface area (TPSA) is 56.7 Å². The number of carbonyl (C=O) groups is 1. The molecule has 0 unspecified atom stereocenters. The van der Waals surface area contributed by atoms with E-state index in [0.29, 0.717) is 17.7 Å². The van der Waals surface area contributed by atoms with Crippen LogP contribution in [0.1, 0.15) is 28.8 Å². The van der Waals surface area contributed by atoms with E-state index in [-0.39, 0.29) is 12.5 Å². The Bertz CT molecular complexity index is 542. The van der Waals surface area contributed by atoms with Gasteiger partial charge in [0.1, 0.15) is 6.61 Å². The largest absolute Gasteiger partial charge is 0.384 e. The normalized spacial score (nSPS) is 14.6. The predicted molar refractivity (Wildman–Crippen MR) is 80.8 cm³/mol. The maximum absolute atomic E-state index is 12.3. The summed E-state index contributed by atoms with van der Waals surface area (Å²) in [6.45, 7) is 3.70.